The highest BCUT2D eigenvalue weighted by Gasteiger charge is 2.24. The molecule has 1 aromatic carbocycles. The molecule has 29 heavy (non-hydrogen) atoms. The minimum Gasteiger partial charge on any atom is -0.454 e. The van der Waals surface area contributed by atoms with E-state index in [0.29, 0.717) is 37.7 Å². The van der Waals surface area contributed by atoms with Crippen LogP contribution in [-0.4, -0.2) is 51.7 Å². The van der Waals surface area contributed by atoms with Crippen LogP contribution in [-0.2, 0) is 13.1 Å². The molecule has 1 saturated heterocycles. The van der Waals surface area contributed by atoms with Crippen LogP contribution in [0.5, 0.6) is 0 Å². The number of carbonyl (C=O) groups is 1. The third kappa shape index (κ3) is 4.56. The Hall–Kier alpha value is -2.93. The molecule has 0 spiro atoms. The zero-order valence-electron chi connectivity index (χ0n) is 16.8. The second-order valence-electron chi connectivity index (χ2n) is 7.55. The fraction of sp³-hybridized carbons (Fsp3) is 0.364. The molecule has 0 unspecified atom stereocenters. The second kappa shape index (κ2) is 8.21. The highest BCUT2D eigenvalue weighted by molar-refractivity contribution is 5.91. The fourth-order valence-corrected chi connectivity index (χ4v) is 3.72. The van der Waals surface area contributed by atoms with Gasteiger partial charge in [-0.15, -0.1) is 0 Å². The Kier molecular flexibility index (Phi) is 5.49. The van der Waals surface area contributed by atoms with Crippen molar-refractivity contribution in [3.8, 4) is 0 Å². The van der Waals surface area contributed by atoms with E-state index >= 15 is 0 Å². The number of rotatable bonds is 5. The van der Waals surface area contributed by atoms with Crippen molar-refractivity contribution in [1.29, 1.82) is 0 Å². The summed E-state index contributed by atoms with van der Waals surface area (Å²) in [6, 6.07) is 12.3. The maximum Gasteiger partial charge on any atom is 0.289 e. The Morgan fingerprint density at radius 3 is 2.55 bits per heavy atom. The fourth-order valence-electron chi connectivity index (χ4n) is 3.72. The molecule has 3 aromatic rings. The predicted octanol–water partition coefficient (Wildman–Crippen LogP) is 3.24. The van der Waals surface area contributed by atoms with Crippen molar-refractivity contribution in [3.05, 3.63) is 76.8 Å². The second-order valence-corrected chi connectivity index (χ2v) is 7.55. The van der Waals surface area contributed by atoms with Crippen LogP contribution in [0.1, 0.15) is 33.3 Å². The van der Waals surface area contributed by atoms with Crippen molar-refractivity contribution < 1.29 is 13.6 Å². The van der Waals surface area contributed by atoms with Gasteiger partial charge in [-0.25, -0.2) is 4.39 Å². The van der Waals surface area contributed by atoms with Crippen molar-refractivity contribution in [2.24, 2.45) is 0 Å². The van der Waals surface area contributed by atoms with Gasteiger partial charge in [-0.05, 0) is 49.7 Å². The molecule has 2 aromatic heterocycles. The van der Waals surface area contributed by atoms with Gasteiger partial charge in [0.15, 0.2) is 5.76 Å². The van der Waals surface area contributed by atoms with Gasteiger partial charge in [0, 0.05) is 38.4 Å². The minimum atomic E-state index is -0.217. The van der Waals surface area contributed by atoms with Gasteiger partial charge in [0.25, 0.3) is 5.91 Å². The van der Waals surface area contributed by atoms with Crippen LogP contribution in [0.25, 0.3) is 0 Å². The zero-order valence-corrected chi connectivity index (χ0v) is 16.8. The van der Waals surface area contributed by atoms with Crippen molar-refractivity contribution in [2.45, 2.75) is 26.9 Å². The van der Waals surface area contributed by atoms with E-state index in [0.717, 1.165) is 30.0 Å². The van der Waals surface area contributed by atoms with Gasteiger partial charge in [-0.1, -0.05) is 12.1 Å². The molecule has 1 amide bonds. The Balaban J connectivity index is 1.33. The molecule has 4 rings (SSSR count). The third-order valence-electron chi connectivity index (χ3n) is 5.24. The van der Waals surface area contributed by atoms with Crippen LogP contribution < -0.4 is 0 Å². The standard InChI is InChI=1S/C22H25FN4O2/c1-16-12-17(2)27(24-16)15-20-6-7-21(29-20)22(28)26-10-8-25(9-11-26)14-18-4-3-5-19(23)13-18/h3-7,12-13H,8-11,14-15H2,1-2H3. The van der Waals surface area contributed by atoms with Crippen molar-refractivity contribution in [1.82, 2.24) is 19.6 Å². The number of carbonyl (C=O) groups excluding carboxylic acids is 1. The van der Waals surface area contributed by atoms with Crippen LogP contribution in [0.3, 0.4) is 0 Å². The molecule has 1 fully saturated rings. The van der Waals surface area contributed by atoms with Crippen LogP contribution in [0, 0.1) is 19.7 Å². The largest absolute Gasteiger partial charge is 0.454 e. The Morgan fingerprint density at radius 2 is 1.86 bits per heavy atom. The van der Waals surface area contributed by atoms with E-state index in [4.69, 9.17) is 4.42 Å². The zero-order chi connectivity index (χ0) is 20.4. The first-order valence-electron chi connectivity index (χ1n) is 9.84. The van der Waals surface area contributed by atoms with Crippen molar-refractivity contribution in [3.63, 3.8) is 0 Å². The van der Waals surface area contributed by atoms with E-state index < -0.39 is 0 Å². The molecule has 0 bridgehead atoms. The number of furan rings is 1. The van der Waals surface area contributed by atoms with Gasteiger partial charge >= 0.3 is 0 Å². The number of hydrogen-bond donors (Lipinski definition) is 0. The minimum absolute atomic E-state index is 0.0879. The first-order valence-corrected chi connectivity index (χ1v) is 9.84. The van der Waals surface area contributed by atoms with Gasteiger partial charge in [-0.3, -0.25) is 14.4 Å². The van der Waals surface area contributed by atoms with E-state index in [1.165, 1.54) is 6.07 Å². The summed E-state index contributed by atoms with van der Waals surface area (Å²) in [7, 11) is 0. The quantitative estimate of drug-likeness (QED) is 0.664. The van der Waals surface area contributed by atoms with Gasteiger partial charge in [-0.2, -0.15) is 5.10 Å². The maximum atomic E-state index is 13.4. The number of piperazine rings is 1. The molecule has 0 N–H and O–H groups in total. The van der Waals surface area contributed by atoms with Crippen LogP contribution in [0.2, 0.25) is 0 Å². The molecular formula is C22H25FN4O2. The summed E-state index contributed by atoms with van der Waals surface area (Å²) in [6.07, 6.45) is 0. The normalized spacial score (nSPS) is 15.1. The lowest BCUT2D eigenvalue weighted by Crippen LogP contribution is -2.48. The summed E-state index contributed by atoms with van der Waals surface area (Å²) in [5.41, 5.74) is 2.97. The van der Waals surface area contributed by atoms with Gasteiger partial charge in [0.1, 0.15) is 11.6 Å². The van der Waals surface area contributed by atoms with Gasteiger partial charge in [0.05, 0.1) is 12.2 Å². The van der Waals surface area contributed by atoms with Gasteiger partial charge < -0.3 is 9.32 Å². The third-order valence-corrected chi connectivity index (χ3v) is 5.24. The lowest BCUT2D eigenvalue weighted by molar-refractivity contribution is 0.0595. The molecule has 1 aliphatic rings. The number of aromatic nitrogens is 2. The Bertz CT molecular complexity index is 1000. The van der Waals surface area contributed by atoms with Gasteiger partial charge in [0.2, 0.25) is 0 Å². The summed E-state index contributed by atoms with van der Waals surface area (Å²) in [5, 5.41) is 4.43. The lowest BCUT2D eigenvalue weighted by atomic mass is 10.2. The van der Waals surface area contributed by atoms with E-state index in [-0.39, 0.29) is 11.7 Å². The summed E-state index contributed by atoms with van der Waals surface area (Å²) < 4.78 is 21.0. The summed E-state index contributed by atoms with van der Waals surface area (Å²) in [4.78, 5) is 16.8. The van der Waals surface area contributed by atoms with E-state index in [9.17, 15) is 9.18 Å². The smallest absolute Gasteiger partial charge is 0.289 e. The average Bonchev–Trinajstić information content (AvgIpc) is 3.28. The predicted molar refractivity (Wildman–Crippen MR) is 107 cm³/mol. The number of nitrogens with zero attached hydrogens (tertiary/aromatic N) is 4. The maximum absolute atomic E-state index is 13.4. The molecule has 3 heterocycles. The monoisotopic (exact) mass is 396 g/mol. The van der Waals surface area contributed by atoms with Crippen molar-refractivity contribution in [2.75, 3.05) is 26.2 Å². The molecule has 1 aliphatic heterocycles. The van der Waals surface area contributed by atoms with E-state index in [1.54, 1.807) is 18.2 Å². The Morgan fingerprint density at radius 1 is 1.07 bits per heavy atom. The number of halogens is 1. The molecule has 0 aliphatic carbocycles. The molecule has 0 saturated carbocycles. The number of amides is 1. The molecule has 152 valence electrons. The summed E-state index contributed by atoms with van der Waals surface area (Å²) in [6.45, 7) is 7.90. The number of hydrogen-bond acceptors (Lipinski definition) is 4. The molecule has 0 atom stereocenters. The summed E-state index contributed by atoms with van der Waals surface area (Å²) >= 11 is 0. The first kappa shape index (κ1) is 19.4. The molecule has 6 nitrogen and oxygen atoms in total. The topological polar surface area (TPSA) is 54.5 Å². The van der Waals surface area contributed by atoms with Crippen LogP contribution in [0.15, 0.2) is 46.9 Å². The molecular weight excluding hydrogens is 371 g/mol. The highest BCUT2D eigenvalue weighted by atomic mass is 19.1. The van der Waals surface area contributed by atoms with E-state index in [2.05, 4.69) is 10.00 Å². The number of aryl methyl sites for hydroxylation is 2. The number of benzene rings is 1. The Labute approximate surface area is 169 Å². The lowest BCUT2D eigenvalue weighted by Gasteiger charge is -2.34. The SMILES string of the molecule is Cc1cc(C)n(Cc2ccc(C(=O)N3CCN(Cc4cccc(F)c4)CC3)o2)n1. The van der Waals surface area contributed by atoms with Crippen molar-refractivity contribution >= 4 is 5.91 Å². The molecule has 7 heteroatoms. The average molecular weight is 396 g/mol. The summed E-state index contributed by atoms with van der Waals surface area (Å²) in [5.74, 6) is 0.768. The van der Waals surface area contributed by atoms with E-state index in [1.807, 2.05) is 41.6 Å². The van der Waals surface area contributed by atoms with Crippen LogP contribution in [0.4, 0.5) is 4.39 Å². The highest BCUT2D eigenvalue weighted by Crippen LogP contribution is 2.16. The van der Waals surface area contributed by atoms with Crippen LogP contribution >= 0.6 is 0 Å². The first-order chi connectivity index (χ1) is 14.0. The molecule has 0 radical (unpaired) electrons.